The highest BCUT2D eigenvalue weighted by atomic mass is 19.3. The molecule has 3 aliphatic heterocycles. The van der Waals surface area contributed by atoms with Gasteiger partial charge in [0.15, 0.2) is 0 Å². The summed E-state index contributed by atoms with van der Waals surface area (Å²) in [5.74, 6) is -8.86. The van der Waals surface area contributed by atoms with Crippen LogP contribution in [0.2, 0.25) is 0 Å². The van der Waals surface area contributed by atoms with E-state index in [2.05, 4.69) is 0 Å². The fraction of sp³-hybridized carbons (Fsp3) is 0.846. The third-order valence-electron chi connectivity index (χ3n) is 3.99. The van der Waals surface area contributed by atoms with E-state index in [-0.39, 0.29) is 6.61 Å². The standard InChI is InChI=1S/C8H11F2NO2.C5H7F2NO2/c1-7(2)11-5(4-13-7)3-8(9,10)6(11)12;6-5(7)1-3(2-9)8-4(5)10/h5H,3-4H2,1-2H3;3,9H,1-2H2,(H,8,10)/t5-;3-/m11/s1. The van der Waals surface area contributed by atoms with Crippen molar-refractivity contribution in [1.29, 1.82) is 0 Å². The highest BCUT2D eigenvalue weighted by Crippen LogP contribution is 2.42. The first-order valence-corrected chi connectivity index (χ1v) is 7.06. The summed E-state index contributed by atoms with van der Waals surface area (Å²) >= 11 is 0. The van der Waals surface area contributed by atoms with Crippen LogP contribution in [0.4, 0.5) is 17.6 Å². The molecule has 3 heterocycles. The number of carbonyl (C=O) groups excluding carboxylic acids is 2. The van der Waals surface area contributed by atoms with Gasteiger partial charge in [0, 0.05) is 12.8 Å². The third-order valence-corrected chi connectivity index (χ3v) is 3.99. The molecule has 0 radical (unpaired) electrons. The third kappa shape index (κ3) is 3.27. The van der Waals surface area contributed by atoms with E-state index in [4.69, 9.17) is 9.84 Å². The molecule has 6 nitrogen and oxygen atoms in total. The number of carbonyl (C=O) groups is 2. The van der Waals surface area contributed by atoms with Crippen molar-refractivity contribution in [2.24, 2.45) is 0 Å². The van der Waals surface area contributed by atoms with Gasteiger partial charge in [-0.05, 0) is 13.8 Å². The molecule has 0 unspecified atom stereocenters. The zero-order chi connectivity index (χ0) is 17.6. The summed E-state index contributed by atoms with van der Waals surface area (Å²) in [5.41, 5.74) is -0.873. The van der Waals surface area contributed by atoms with Gasteiger partial charge in [0.05, 0.1) is 25.3 Å². The predicted octanol–water partition coefficient (Wildman–Crippen LogP) is 0.491. The van der Waals surface area contributed by atoms with Crippen LogP contribution in [-0.4, -0.2) is 64.7 Å². The summed E-state index contributed by atoms with van der Waals surface area (Å²) in [7, 11) is 0. The number of hydrogen-bond donors (Lipinski definition) is 2. The van der Waals surface area contributed by atoms with Crippen LogP contribution in [0.1, 0.15) is 26.7 Å². The molecule has 2 atom stereocenters. The van der Waals surface area contributed by atoms with E-state index in [9.17, 15) is 27.2 Å². The van der Waals surface area contributed by atoms with E-state index in [1.54, 1.807) is 13.8 Å². The number of fused-ring (bicyclic) bond motifs is 1. The second-order valence-corrected chi connectivity index (χ2v) is 6.26. The smallest absolute Gasteiger partial charge is 0.326 e. The Hall–Kier alpha value is -1.42. The van der Waals surface area contributed by atoms with Gasteiger partial charge >= 0.3 is 11.8 Å². The molecule has 3 saturated heterocycles. The maximum Gasteiger partial charge on any atom is 0.326 e. The zero-order valence-electron chi connectivity index (χ0n) is 12.6. The van der Waals surface area contributed by atoms with Crippen molar-refractivity contribution in [3.05, 3.63) is 0 Å². The minimum Gasteiger partial charge on any atom is -0.394 e. The van der Waals surface area contributed by atoms with Crippen molar-refractivity contribution >= 4 is 11.8 Å². The quantitative estimate of drug-likeness (QED) is 0.680. The molecule has 2 N–H and O–H groups in total. The summed E-state index contributed by atoms with van der Waals surface area (Å²) in [4.78, 5) is 22.7. The Morgan fingerprint density at radius 2 is 1.83 bits per heavy atom. The van der Waals surface area contributed by atoms with Crippen LogP contribution in [-0.2, 0) is 14.3 Å². The van der Waals surface area contributed by atoms with E-state index >= 15 is 0 Å². The first-order valence-electron chi connectivity index (χ1n) is 7.06. The summed E-state index contributed by atoms with van der Waals surface area (Å²) in [6, 6.07) is -1.22. The van der Waals surface area contributed by atoms with Crippen molar-refractivity contribution in [3.8, 4) is 0 Å². The number of amides is 2. The first kappa shape index (κ1) is 17.9. The van der Waals surface area contributed by atoms with Gasteiger partial charge in [0.2, 0.25) is 0 Å². The lowest BCUT2D eigenvalue weighted by atomic mass is 10.2. The van der Waals surface area contributed by atoms with Gasteiger partial charge in [-0.3, -0.25) is 9.59 Å². The minimum atomic E-state index is -3.28. The van der Waals surface area contributed by atoms with Crippen LogP contribution in [0.5, 0.6) is 0 Å². The maximum absolute atomic E-state index is 13.0. The lowest BCUT2D eigenvalue weighted by Gasteiger charge is -2.29. The normalized spacial score (nSPS) is 33.1. The molecule has 0 aromatic rings. The molecule has 23 heavy (non-hydrogen) atoms. The maximum atomic E-state index is 13.0. The Kier molecular flexibility index (Phi) is 4.35. The average Bonchev–Trinajstić information content (AvgIpc) is 2.94. The predicted molar refractivity (Wildman–Crippen MR) is 68.8 cm³/mol. The molecule has 0 bridgehead atoms. The van der Waals surface area contributed by atoms with Gasteiger partial charge in [0.25, 0.3) is 11.8 Å². The van der Waals surface area contributed by atoms with Gasteiger partial charge in [-0.2, -0.15) is 17.6 Å². The SMILES string of the molecule is CC1(C)OC[C@H]2CC(F)(F)C(=O)N21.O=C1N[C@@H](CO)CC1(F)F. The van der Waals surface area contributed by atoms with E-state index in [1.807, 2.05) is 5.32 Å². The number of nitrogens with zero attached hydrogens (tertiary/aromatic N) is 1. The van der Waals surface area contributed by atoms with Crippen molar-refractivity contribution in [3.63, 3.8) is 0 Å². The number of alkyl halides is 4. The van der Waals surface area contributed by atoms with Crippen LogP contribution in [0.25, 0.3) is 0 Å². The molecule has 10 heteroatoms. The summed E-state index contributed by atoms with van der Waals surface area (Å²) < 4.78 is 55.7. The second kappa shape index (κ2) is 5.59. The fourth-order valence-electron chi connectivity index (χ4n) is 2.86. The van der Waals surface area contributed by atoms with Crippen molar-refractivity contribution < 1.29 is 37.0 Å². The number of nitrogens with one attached hydrogen (secondary N) is 1. The lowest BCUT2D eigenvalue weighted by Crippen LogP contribution is -2.46. The monoisotopic (exact) mass is 342 g/mol. The van der Waals surface area contributed by atoms with E-state index in [0.29, 0.717) is 0 Å². The Labute approximate surface area is 129 Å². The van der Waals surface area contributed by atoms with Gasteiger partial charge in [0.1, 0.15) is 5.72 Å². The zero-order valence-corrected chi connectivity index (χ0v) is 12.6. The van der Waals surface area contributed by atoms with Gasteiger partial charge in [-0.15, -0.1) is 0 Å². The number of aliphatic hydroxyl groups excluding tert-OH is 1. The van der Waals surface area contributed by atoms with Crippen LogP contribution < -0.4 is 5.32 Å². The molecular weight excluding hydrogens is 324 g/mol. The molecule has 3 rings (SSSR count). The number of hydrogen-bond acceptors (Lipinski definition) is 4. The highest BCUT2D eigenvalue weighted by molar-refractivity contribution is 5.87. The summed E-state index contributed by atoms with van der Waals surface area (Å²) in [6.45, 7) is 3.05. The molecule has 0 aliphatic carbocycles. The Morgan fingerprint density at radius 1 is 1.22 bits per heavy atom. The van der Waals surface area contributed by atoms with Gasteiger partial charge < -0.3 is 20.1 Å². The average molecular weight is 342 g/mol. The van der Waals surface area contributed by atoms with Crippen LogP contribution in [0, 0.1) is 0 Å². The highest BCUT2D eigenvalue weighted by Gasteiger charge is 2.60. The number of halogens is 4. The summed E-state index contributed by atoms with van der Waals surface area (Å²) in [6.07, 6.45) is -1.00. The topological polar surface area (TPSA) is 78.9 Å². The fourth-order valence-corrected chi connectivity index (χ4v) is 2.86. The number of aliphatic hydroxyl groups is 1. The number of ether oxygens (including phenoxy) is 1. The molecule has 3 fully saturated rings. The van der Waals surface area contributed by atoms with Crippen molar-refractivity contribution in [1.82, 2.24) is 10.2 Å². The second-order valence-electron chi connectivity index (χ2n) is 6.26. The molecular formula is C13H18F4N2O4. The Balaban J connectivity index is 0.000000174. The van der Waals surface area contributed by atoms with Crippen LogP contribution in [0.3, 0.4) is 0 Å². The molecule has 2 amide bonds. The van der Waals surface area contributed by atoms with E-state index in [1.165, 1.54) is 0 Å². The molecule has 132 valence electrons. The first-order chi connectivity index (χ1) is 10.4. The molecule has 0 aromatic carbocycles. The molecule has 0 saturated carbocycles. The van der Waals surface area contributed by atoms with E-state index < -0.39 is 60.9 Å². The molecule has 0 spiro atoms. The molecule has 3 aliphatic rings. The number of rotatable bonds is 1. The Morgan fingerprint density at radius 3 is 2.22 bits per heavy atom. The Bertz CT molecular complexity index is 512. The van der Waals surface area contributed by atoms with Crippen molar-refractivity contribution in [2.45, 2.75) is 56.3 Å². The van der Waals surface area contributed by atoms with Crippen LogP contribution >= 0.6 is 0 Å². The largest absolute Gasteiger partial charge is 0.394 e. The van der Waals surface area contributed by atoms with Crippen molar-refractivity contribution in [2.75, 3.05) is 13.2 Å². The van der Waals surface area contributed by atoms with Gasteiger partial charge in [-0.25, -0.2) is 0 Å². The van der Waals surface area contributed by atoms with Crippen LogP contribution in [0.15, 0.2) is 0 Å². The van der Waals surface area contributed by atoms with Gasteiger partial charge in [-0.1, -0.05) is 0 Å². The summed E-state index contributed by atoms with van der Waals surface area (Å²) in [5, 5.41) is 10.3. The minimum absolute atomic E-state index is 0.217. The lowest BCUT2D eigenvalue weighted by molar-refractivity contribution is -0.161. The molecule has 0 aromatic heterocycles. The van der Waals surface area contributed by atoms with E-state index in [0.717, 1.165) is 4.90 Å².